The lowest BCUT2D eigenvalue weighted by Crippen LogP contribution is -2.28. The number of nitrogens with zero attached hydrogens (tertiary/aromatic N) is 1. The fourth-order valence-electron chi connectivity index (χ4n) is 3.56. The summed E-state index contributed by atoms with van der Waals surface area (Å²) in [6.45, 7) is 1.83. The first-order chi connectivity index (χ1) is 13.6. The van der Waals surface area contributed by atoms with Crippen molar-refractivity contribution in [1.82, 2.24) is 9.62 Å². The number of carbonyl (C=O) groups excluding carboxylic acids is 1. The Balaban J connectivity index is 1.33. The van der Waals surface area contributed by atoms with Crippen molar-refractivity contribution in [2.24, 2.45) is 0 Å². The van der Waals surface area contributed by atoms with Crippen LogP contribution in [0.2, 0.25) is 0 Å². The molecule has 1 aromatic rings. The van der Waals surface area contributed by atoms with Gasteiger partial charge in [-0.05, 0) is 56.2 Å². The number of nitrogens with one attached hydrogen (secondary N) is 1. The zero-order valence-electron chi connectivity index (χ0n) is 16.3. The molecule has 0 unspecified atom stereocenters. The largest absolute Gasteiger partial charge is 0.356 e. The van der Waals surface area contributed by atoms with E-state index in [1.54, 1.807) is 16.4 Å². The van der Waals surface area contributed by atoms with Crippen LogP contribution in [-0.2, 0) is 21.2 Å². The van der Waals surface area contributed by atoms with E-state index in [1.807, 2.05) is 33.7 Å². The average Bonchev–Trinajstić information content (AvgIpc) is 3.40. The number of rotatable bonds is 10. The van der Waals surface area contributed by atoms with Crippen molar-refractivity contribution >= 4 is 37.5 Å². The van der Waals surface area contributed by atoms with E-state index in [1.165, 1.54) is 18.6 Å². The highest BCUT2D eigenvalue weighted by Crippen LogP contribution is 2.39. The maximum atomic E-state index is 12.5. The first kappa shape index (κ1) is 22.0. The van der Waals surface area contributed by atoms with Gasteiger partial charge in [0.2, 0.25) is 15.9 Å². The zero-order chi connectivity index (χ0) is 19.8. The summed E-state index contributed by atoms with van der Waals surface area (Å²) >= 11 is 0. The van der Waals surface area contributed by atoms with Gasteiger partial charge in [-0.25, -0.2) is 8.42 Å². The molecule has 1 amide bonds. The number of carbonyl (C=O) groups is 1. The van der Waals surface area contributed by atoms with Crippen LogP contribution in [0.5, 0.6) is 0 Å². The van der Waals surface area contributed by atoms with Gasteiger partial charge in [0.1, 0.15) is 0 Å². The molecule has 2 fully saturated rings. The Morgan fingerprint density at radius 2 is 1.89 bits per heavy atom. The van der Waals surface area contributed by atoms with Gasteiger partial charge in [0, 0.05) is 37.1 Å². The normalized spacial score (nSPS) is 20.5. The number of unbranched alkanes of at least 4 members (excludes halogenated alkanes) is 1. The average molecular weight is 443 g/mol. The van der Waals surface area contributed by atoms with E-state index in [2.05, 4.69) is 5.32 Å². The van der Waals surface area contributed by atoms with Crippen LogP contribution in [0, 0.1) is 0 Å². The Hall–Kier alpha value is -0.700. The van der Waals surface area contributed by atoms with Crippen LogP contribution in [0.4, 0.5) is 0 Å². The molecule has 0 spiro atoms. The fourth-order valence-corrected chi connectivity index (χ4v) is 8.11. The zero-order valence-corrected chi connectivity index (χ0v) is 18.7. The van der Waals surface area contributed by atoms with E-state index >= 15 is 0 Å². The Labute approximate surface area is 176 Å². The molecule has 0 aromatic heterocycles. The lowest BCUT2D eigenvalue weighted by molar-refractivity contribution is -0.121. The SMILES string of the molecule is O=C(CCCC[C@H]1CCSS1)NCCc1ccc(S(=O)(=O)N2CCCC2)cc1. The van der Waals surface area contributed by atoms with Crippen molar-refractivity contribution in [3.8, 4) is 0 Å². The second-order valence-corrected chi connectivity index (χ2v) is 12.2. The third kappa shape index (κ3) is 6.40. The molecule has 1 aromatic carbocycles. The summed E-state index contributed by atoms with van der Waals surface area (Å²) in [7, 11) is 0.616. The van der Waals surface area contributed by atoms with Crippen LogP contribution in [0.1, 0.15) is 50.5 Å². The molecule has 0 bridgehead atoms. The van der Waals surface area contributed by atoms with Crippen molar-refractivity contribution in [1.29, 1.82) is 0 Å². The van der Waals surface area contributed by atoms with Crippen LogP contribution in [0.3, 0.4) is 0 Å². The van der Waals surface area contributed by atoms with E-state index in [0.717, 1.165) is 36.5 Å². The quantitative estimate of drug-likeness (QED) is 0.440. The molecule has 2 saturated heterocycles. The molecule has 5 nitrogen and oxygen atoms in total. The summed E-state index contributed by atoms with van der Waals surface area (Å²) in [5, 5.41) is 3.76. The third-order valence-electron chi connectivity index (χ3n) is 5.27. The molecule has 0 radical (unpaired) electrons. The van der Waals surface area contributed by atoms with Gasteiger partial charge in [0.15, 0.2) is 0 Å². The van der Waals surface area contributed by atoms with E-state index in [-0.39, 0.29) is 5.91 Å². The monoisotopic (exact) mass is 442 g/mol. The summed E-state index contributed by atoms with van der Waals surface area (Å²) in [5.41, 5.74) is 1.04. The van der Waals surface area contributed by atoms with E-state index in [0.29, 0.717) is 37.4 Å². The molecule has 8 heteroatoms. The van der Waals surface area contributed by atoms with Crippen molar-refractivity contribution in [2.45, 2.75) is 61.5 Å². The first-order valence-electron chi connectivity index (χ1n) is 10.2. The second-order valence-electron chi connectivity index (χ2n) is 7.43. The number of hydrogen-bond acceptors (Lipinski definition) is 5. The fraction of sp³-hybridized carbons (Fsp3) is 0.650. The molecule has 2 aliphatic rings. The Kier molecular flexibility index (Phi) is 8.56. The maximum absolute atomic E-state index is 12.5. The molecular weight excluding hydrogens is 412 g/mol. The van der Waals surface area contributed by atoms with Gasteiger partial charge in [0.05, 0.1) is 4.90 Å². The van der Waals surface area contributed by atoms with Gasteiger partial charge in [-0.2, -0.15) is 4.31 Å². The van der Waals surface area contributed by atoms with Gasteiger partial charge in [-0.15, -0.1) is 0 Å². The minimum Gasteiger partial charge on any atom is -0.356 e. The van der Waals surface area contributed by atoms with Gasteiger partial charge >= 0.3 is 0 Å². The van der Waals surface area contributed by atoms with Gasteiger partial charge in [-0.3, -0.25) is 4.79 Å². The molecule has 156 valence electrons. The number of sulfonamides is 1. The van der Waals surface area contributed by atoms with Crippen molar-refractivity contribution in [2.75, 3.05) is 25.4 Å². The topological polar surface area (TPSA) is 66.5 Å². The van der Waals surface area contributed by atoms with Crippen LogP contribution in [-0.4, -0.2) is 49.3 Å². The van der Waals surface area contributed by atoms with Gasteiger partial charge in [-0.1, -0.05) is 40.1 Å². The maximum Gasteiger partial charge on any atom is 0.243 e. The van der Waals surface area contributed by atoms with Crippen molar-refractivity contribution in [3.63, 3.8) is 0 Å². The van der Waals surface area contributed by atoms with E-state index in [9.17, 15) is 13.2 Å². The number of benzene rings is 1. The Bertz CT molecular complexity index is 726. The lowest BCUT2D eigenvalue weighted by atomic mass is 10.1. The predicted octanol–water partition coefficient (Wildman–Crippen LogP) is 3.84. The minimum absolute atomic E-state index is 0.113. The highest BCUT2D eigenvalue weighted by atomic mass is 33.1. The third-order valence-corrected chi connectivity index (χ3v) is 10.2. The second kappa shape index (κ2) is 10.9. The van der Waals surface area contributed by atoms with Crippen LogP contribution >= 0.6 is 21.6 Å². The van der Waals surface area contributed by atoms with Crippen molar-refractivity contribution < 1.29 is 13.2 Å². The van der Waals surface area contributed by atoms with Crippen molar-refractivity contribution in [3.05, 3.63) is 29.8 Å². The molecule has 28 heavy (non-hydrogen) atoms. The molecule has 1 atom stereocenters. The molecule has 0 saturated carbocycles. The summed E-state index contributed by atoms with van der Waals surface area (Å²) in [6.07, 6.45) is 7.79. The molecular formula is C20H30N2O3S3. The van der Waals surface area contributed by atoms with Gasteiger partial charge < -0.3 is 5.32 Å². The highest BCUT2D eigenvalue weighted by Gasteiger charge is 2.26. The van der Waals surface area contributed by atoms with Crippen LogP contribution < -0.4 is 5.32 Å². The predicted molar refractivity (Wildman–Crippen MR) is 118 cm³/mol. The van der Waals surface area contributed by atoms with Crippen LogP contribution in [0.15, 0.2) is 29.2 Å². The number of amides is 1. The molecule has 2 aliphatic heterocycles. The standard InChI is InChI=1S/C20H30N2O3S3/c23-20(6-2-1-5-18-12-16-26-27-18)21-13-11-17-7-9-19(10-8-17)28(24,25)22-14-3-4-15-22/h7-10,18H,1-6,11-16H2,(H,21,23)/t18-/m0/s1. The molecule has 1 N–H and O–H groups in total. The molecule has 2 heterocycles. The highest BCUT2D eigenvalue weighted by molar-refractivity contribution is 8.77. The van der Waals surface area contributed by atoms with Crippen LogP contribution in [0.25, 0.3) is 0 Å². The smallest absolute Gasteiger partial charge is 0.243 e. The summed E-state index contributed by atoms with van der Waals surface area (Å²) < 4.78 is 26.6. The molecule has 0 aliphatic carbocycles. The molecule has 3 rings (SSSR count). The summed E-state index contributed by atoms with van der Waals surface area (Å²) in [6, 6.07) is 7.08. The minimum atomic E-state index is -3.35. The Morgan fingerprint density at radius 1 is 1.14 bits per heavy atom. The summed E-state index contributed by atoms with van der Waals surface area (Å²) in [5.74, 6) is 1.38. The van der Waals surface area contributed by atoms with E-state index in [4.69, 9.17) is 0 Å². The summed E-state index contributed by atoms with van der Waals surface area (Å²) in [4.78, 5) is 12.3. The van der Waals surface area contributed by atoms with Gasteiger partial charge in [0.25, 0.3) is 0 Å². The number of hydrogen-bond donors (Lipinski definition) is 1. The van der Waals surface area contributed by atoms with E-state index < -0.39 is 10.0 Å². The Morgan fingerprint density at radius 3 is 2.57 bits per heavy atom. The lowest BCUT2D eigenvalue weighted by Gasteiger charge is -2.15. The first-order valence-corrected chi connectivity index (χ1v) is 14.0.